The molecule has 138 valence electrons. The summed E-state index contributed by atoms with van der Waals surface area (Å²) in [7, 11) is 0. The second-order valence-corrected chi connectivity index (χ2v) is 8.16. The number of halogens is 2. The largest absolute Gasteiger partial charge is 0.444 e. The molecular formula is C18H24BrFN2O3. The van der Waals surface area contributed by atoms with Gasteiger partial charge in [-0.05, 0) is 57.7 Å². The minimum atomic E-state index is -0.520. The van der Waals surface area contributed by atoms with Crippen LogP contribution in [0, 0.1) is 11.7 Å². The van der Waals surface area contributed by atoms with Gasteiger partial charge in [0.05, 0.1) is 5.56 Å². The number of alkyl carbamates (subject to hydrolysis) is 1. The number of likely N-dealkylation sites (tertiary alicyclic amines) is 1. The fraction of sp³-hybridized carbons (Fsp3) is 0.556. The molecule has 0 atom stereocenters. The van der Waals surface area contributed by atoms with Crippen molar-refractivity contribution >= 4 is 27.9 Å². The smallest absolute Gasteiger partial charge is 0.407 e. The highest BCUT2D eigenvalue weighted by molar-refractivity contribution is 9.10. The third kappa shape index (κ3) is 5.99. The Kier molecular flexibility index (Phi) is 6.43. The van der Waals surface area contributed by atoms with Gasteiger partial charge in [-0.15, -0.1) is 0 Å². The van der Waals surface area contributed by atoms with Crippen molar-refractivity contribution in [2.75, 3.05) is 19.6 Å². The van der Waals surface area contributed by atoms with Crippen molar-refractivity contribution in [1.82, 2.24) is 10.2 Å². The first-order chi connectivity index (χ1) is 11.7. The fourth-order valence-electron chi connectivity index (χ4n) is 2.71. The van der Waals surface area contributed by atoms with E-state index in [-0.39, 0.29) is 17.4 Å². The summed E-state index contributed by atoms with van der Waals surface area (Å²) in [5, 5.41) is 2.77. The van der Waals surface area contributed by atoms with Gasteiger partial charge in [-0.3, -0.25) is 4.79 Å². The Labute approximate surface area is 156 Å². The van der Waals surface area contributed by atoms with Gasteiger partial charge in [0.1, 0.15) is 11.4 Å². The number of benzene rings is 1. The molecule has 5 nitrogen and oxygen atoms in total. The molecule has 0 unspecified atom stereocenters. The van der Waals surface area contributed by atoms with E-state index < -0.39 is 17.5 Å². The highest BCUT2D eigenvalue weighted by Gasteiger charge is 2.26. The van der Waals surface area contributed by atoms with E-state index in [0.29, 0.717) is 24.1 Å². The van der Waals surface area contributed by atoms with Crippen LogP contribution in [0.1, 0.15) is 44.0 Å². The molecule has 0 bridgehead atoms. The first-order valence-electron chi connectivity index (χ1n) is 8.37. The van der Waals surface area contributed by atoms with Crippen molar-refractivity contribution in [3.05, 3.63) is 34.1 Å². The number of carbonyl (C=O) groups excluding carboxylic acids is 2. The minimum Gasteiger partial charge on any atom is -0.444 e. The summed E-state index contributed by atoms with van der Waals surface area (Å²) in [4.78, 5) is 25.8. The SMILES string of the molecule is CC(C)(C)OC(=O)NCC1CCN(C(=O)c2cc(Br)ccc2F)CC1. The average molecular weight is 415 g/mol. The maximum atomic E-state index is 13.9. The van der Waals surface area contributed by atoms with E-state index in [9.17, 15) is 14.0 Å². The highest BCUT2D eigenvalue weighted by Crippen LogP contribution is 2.22. The number of piperidine rings is 1. The van der Waals surface area contributed by atoms with Crippen LogP contribution >= 0.6 is 15.9 Å². The maximum Gasteiger partial charge on any atom is 0.407 e. The van der Waals surface area contributed by atoms with Gasteiger partial charge >= 0.3 is 6.09 Å². The van der Waals surface area contributed by atoms with Crippen LogP contribution < -0.4 is 5.32 Å². The maximum absolute atomic E-state index is 13.9. The molecule has 1 aromatic rings. The number of amides is 2. The van der Waals surface area contributed by atoms with Crippen LogP contribution in [-0.4, -0.2) is 42.1 Å². The van der Waals surface area contributed by atoms with Gasteiger partial charge in [-0.2, -0.15) is 0 Å². The second kappa shape index (κ2) is 8.17. The Bertz CT molecular complexity index is 638. The Balaban J connectivity index is 1.82. The zero-order valence-corrected chi connectivity index (χ0v) is 16.4. The van der Waals surface area contributed by atoms with Gasteiger partial charge < -0.3 is 15.0 Å². The number of ether oxygens (including phenoxy) is 1. The molecule has 1 saturated heterocycles. The number of hydrogen-bond donors (Lipinski definition) is 1. The summed E-state index contributed by atoms with van der Waals surface area (Å²) in [5.41, 5.74) is -0.437. The average Bonchev–Trinajstić information content (AvgIpc) is 2.53. The lowest BCUT2D eigenvalue weighted by Crippen LogP contribution is -2.42. The molecule has 0 aliphatic carbocycles. The fourth-order valence-corrected chi connectivity index (χ4v) is 3.07. The predicted molar refractivity (Wildman–Crippen MR) is 97.0 cm³/mol. The van der Waals surface area contributed by atoms with Crippen molar-refractivity contribution in [2.45, 2.75) is 39.2 Å². The van der Waals surface area contributed by atoms with Gasteiger partial charge in [0.2, 0.25) is 0 Å². The van der Waals surface area contributed by atoms with Crippen molar-refractivity contribution in [1.29, 1.82) is 0 Å². The molecule has 2 amide bonds. The molecule has 7 heteroatoms. The first kappa shape index (κ1) is 19.7. The Morgan fingerprint density at radius 2 is 1.96 bits per heavy atom. The molecule has 1 aliphatic rings. The zero-order valence-electron chi connectivity index (χ0n) is 14.8. The van der Waals surface area contributed by atoms with Crippen LogP contribution in [-0.2, 0) is 4.74 Å². The molecule has 0 aromatic heterocycles. The van der Waals surface area contributed by atoms with Gasteiger partial charge in [0.15, 0.2) is 0 Å². The molecule has 1 aromatic carbocycles. The molecular weight excluding hydrogens is 391 g/mol. The number of nitrogens with one attached hydrogen (secondary N) is 1. The molecule has 1 heterocycles. The van der Waals surface area contributed by atoms with Crippen LogP contribution in [0.4, 0.5) is 9.18 Å². The monoisotopic (exact) mass is 414 g/mol. The third-order valence-electron chi connectivity index (χ3n) is 3.99. The predicted octanol–water partition coefficient (Wildman–Crippen LogP) is 3.97. The van der Waals surface area contributed by atoms with Gasteiger partial charge in [0.25, 0.3) is 5.91 Å². The summed E-state index contributed by atoms with van der Waals surface area (Å²) in [5.74, 6) is -0.525. The standard InChI is InChI=1S/C18H24BrFN2O3/c1-18(2,3)25-17(24)21-11-12-6-8-22(9-7-12)16(23)14-10-13(19)4-5-15(14)20/h4-5,10,12H,6-9,11H2,1-3H3,(H,21,24). The van der Waals surface area contributed by atoms with Gasteiger partial charge in [-0.25, -0.2) is 9.18 Å². The van der Waals surface area contributed by atoms with Crippen LogP contribution in [0.25, 0.3) is 0 Å². The van der Waals surface area contributed by atoms with Crippen LogP contribution in [0.3, 0.4) is 0 Å². The summed E-state index contributed by atoms with van der Waals surface area (Å²) in [6, 6.07) is 4.36. The first-order valence-corrected chi connectivity index (χ1v) is 9.16. The number of rotatable bonds is 3. The van der Waals surface area contributed by atoms with Crippen LogP contribution in [0.15, 0.2) is 22.7 Å². The van der Waals surface area contributed by atoms with E-state index in [1.807, 2.05) is 20.8 Å². The Morgan fingerprint density at radius 1 is 1.32 bits per heavy atom. The Morgan fingerprint density at radius 3 is 2.56 bits per heavy atom. The normalized spacial score (nSPS) is 15.8. The molecule has 0 radical (unpaired) electrons. The minimum absolute atomic E-state index is 0.0831. The van der Waals surface area contributed by atoms with Gasteiger partial charge in [-0.1, -0.05) is 15.9 Å². The molecule has 1 aliphatic heterocycles. The van der Waals surface area contributed by atoms with E-state index in [1.54, 1.807) is 11.0 Å². The number of carbonyl (C=O) groups is 2. The summed E-state index contributed by atoms with van der Waals surface area (Å²) < 4.78 is 19.8. The second-order valence-electron chi connectivity index (χ2n) is 7.24. The van der Waals surface area contributed by atoms with Gasteiger partial charge in [0, 0.05) is 24.1 Å². The molecule has 1 fully saturated rings. The van der Waals surface area contributed by atoms with E-state index >= 15 is 0 Å². The quantitative estimate of drug-likeness (QED) is 0.813. The van der Waals surface area contributed by atoms with Crippen LogP contribution in [0.5, 0.6) is 0 Å². The van der Waals surface area contributed by atoms with Crippen molar-refractivity contribution < 1.29 is 18.7 Å². The van der Waals surface area contributed by atoms with Crippen molar-refractivity contribution in [3.8, 4) is 0 Å². The lowest BCUT2D eigenvalue weighted by Gasteiger charge is -2.32. The number of nitrogens with zero attached hydrogens (tertiary/aromatic N) is 1. The summed E-state index contributed by atoms with van der Waals surface area (Å²) in [6.07, 6.45) is 1.09. The van der Waals surface area contributed by atoms with E-state index in [0.717, 1.165) is 12.8 Å². The number of hydrogen-bond acceptors (Lipinski definition) is 3. The summed E-state index contributed by atoms with van der Waals surface area (Å²) >= 11 is 3.26. The van der Waals surface area contributed by atoms with Crippen molar-refractivity contribution in [2.24, 2.45) is 5.92 Å². The third-order valence-corrected chi connectivity index (χ3v) is 4.49. The van der Waals surface area contributed by atoms with Crippen molar-refractivity contribution in [3.63, 3.8) is 0 Å². The van der Waals surface area contributed by atoms with E-state index in [1.165, 1.54) is 12.1 Å². The zero-order chi connectivity index (χ0) is 18.6. The molecule has 1 N–H and O–H groups in total. The molecule has 0 spiro atoms. The molecule has 0 saturated carbocycles. The Hall–Kier alpha value is -1.63. The molecule has 2 rings (SSSR count). The summed E-state index contributed by atoms with van der Waals surface area (Å²) in [6.45, 7) is 7.06. The lowest BCUT2D eigenvalue weighted by atomic mass is 9.96. The van der Waals surface area contributed by atoms with E-state index in [2.05, 4.69) is 21.2 Å². The van der Waals surface area contributed by atoms with E-state index in [4.69, 9.17) is 4.74 Å². The molecule has 25 heavy (non-hydrogen) atoms. The topological polar surface area (TPSA) is 58.6 Å². The lowest BCUT2D eigenvalue weighted by molar-refractivity contribution is 0.0499. The van der Waals surface area contributed by atoms with Crippen LogP contribution in [0.2, 0.25) is 0 Å². The highest BCUT2D eigenvalue weighted by atomic mass is 79.9.